The first kappa shape index (κ1) is 61.3. The van der Waals surface area contributed by atoms with Gasteiger partial charge in [-0.15, -0.1) is 0 Å². The largest absolute Gasteiger partial charge is 0.468 e. The average molecular weight is 752 g/mol. The Morgan fingerprint density at radius 1 is 0.741 bits per heavy atom. The number of aliphatic hydroxyl groups excluding tert-OH is 1. The molecule has 1 aliphatic heterocycles. The van der Waals surface area contributed by atoms with Crippen LogP contribution in [0.5, 0.6) is 0 Å². The van der Waals surface area contributed by atoms with E-state index in [1.807, 2.05) is 20.8 Å². The Kier molecular flexibility index (Phi) is 32.6. The van der Waals surface area contributed by atoms with Crippen LogP contribution in [0.1, 0.15) is 54.4 Å². The molecule has 272 valence electrons. The third kappa shape index (κ3) is 26.3. The van der Waals surface area contributed by atoms with E-state index in [2.05, 4.69) is 10.1 Å². The lowest BCUT2D eigenvalue weighted by molar-refractivity contribution is -0.141. The number of nitrogens with zero attached hydrogens (tertiary/aromatic N) is 2. The summed E-state index contributed by atoms with van der Waals surface area (Å²) in [4.78, 5) is 48.5. The maximum absolute atomic E-state index is 11.8. The van der Waals surface area contributed by atoms with Gasteiger partial charge in [-0.2, -0.15) is 0 Å². The topological polar surface area (TPSA) is 161 Å². The van der Waals surface area contributed by atoms with Crippen molar-refractivity contribution >= 4 is 195 Å². The fraction of sp³-hybridized carbons (Fsp3) is 0.818. The second kappa shape index (κ2) is 30.9. The minimum atomic E-state index is -0.973. The molecule has 0 atom stereocenters. The first-order chi connectivity index (χ1) is 26.5. The van der Waals surface area contributed by atoms with Crippen LogP contribution in [0.25, 0.3) is 0 Å². The van der Waals surface area contributed by atoms with Crippen molar-refractivity contribution in [2.24, 2.45) is 5.73 Å². The lowest BCUT2D eigenvalue weighted by atomic mass is 8.35. The quantitative estimate of drug-likeness (QED) is 0.0840. The Bertz CT molecular complexity index is 1140. The lowest BCUT2D eigenvalue weighted by Crippen LogP contribution is -2.84. The number of nitrogens with one attached hydrogen (secondary N) is 1. The molecule has 1 aliphatic rings. The van der Waals surface area contributed by atoms with Gasteiger partial charge in [0.15, 0.2) is 0 Å². The SMILES string of the molecule is CC(C)(C)OC(=O)N1CCCNC(=O)C1.CO.COC(=O)CN(CCCN)C(=O)OC(C)(C)C.[B]B([B])B([B])B(B([B])[B])B(B(B([B])[B])B([B])[B])B(B([B])[B])B([B])[B]. The van der Waals surface area contributed by atoms with Crippen LogP contribution in [-0.2, 0) is 23.8 Å². The van der Waals surface area contributed by atoms with Crippen molar-refractivity contribution in [1.82, 2.24) is 15.1 Å². The highest BCUT2D eigenvalue weighted by molar-refractivity contribution is 8.23. The van der Waals surface area contributed by atoms with E-state index in [4.69, 9.17) is 121 Å². The zero-order chi connectivity index (χ0) is 46.3. The summed E-state index contributed by atoms with van der Waals surface area (Å²) < 4.78 is 14.9. The zero-order valence-electron chi connectivity index (χ0n) is 35.8. The van der Waals surface area contributed by atoms with E-state index in [-0.39, 0.29) is 19.0 Å². The second-order valence-corrected chi connectivity index (χ2v) is 15.6. The fourth-order valence-electron chi connectivity index (χ4n) is 5.69. The van der Waals surface area contributed by atoms with Crippen LogP contribution in [0, 0.1) is 0 Å². The van der Waals surface area contributed by atoms with Gasteiger partial charge in [0.2, 0.25) is 5.91 Å². The van der Waals surface area contributed by atoms with Crippen LogP contribution < -0.4 is 11.1 Å². The molecular weight excluding hydrogens is 708 g/mol. The molecule has 12 nitrogen and oxygen atoms in total. The number of ether oxygens (including phenoxy) is 3. The van der Waals surface area contributed by atoms with Crippen LogP contribution in [0.2, 0.25) is 0 Å². The molecule has 4 N–H and O–H groups in total. The Balaban J connectivity index is -0.000000788. The molecular formula is C22H44B24N4O8. The van der Waals surface area contributed by atoms with Crippen molar-refractivity contribution in [2.75, 3.05) is 53.5 Å². The number of hydrogen-bond acceptors (Lipinski definition) is 9. The highest BCUT2D eigenvalue weighted by Crippen LogP contribution is 2.12. The second-order valence-electron chi connectivity index (χ2n) is 15.6. The number of carbonyl (C=O) groups excluding carboxylic acids is 4. The summed E-state index contributed by atoms with van der Waals surface area (Å²) >= 11 is 0. The molecule has 0 unspecified atom stereocenters. The molecule has 0 aromatic heterocycles. The maximum Gasteiger partial charge on any atom is 0.410 e. The van der Waals surface area contributed by atoms with Crippen LogP contribution in [0.4, 0.5) is 9.59 Å². The number of hydrogen-bond donors (Lipinski definition) is 3. The summed E-state index contributed by atoms with van der Waals surface area (Å²) in [7, 11) is 78.5. The molecule has 3 amide bonds. The van der Waals surface area contributed by atoms with E-state index in [0.717, 1.165) is 13.5 Å². The molecule has 1 rings (SSSR count). The summed E-state index contributed by atoms with van der Waals surface area (Å²) in [6, 6.07) is 0. The maximum atomic E-state index is 11.8. The molecule has 0 bridgehead atoms. The Morgan fingerprint density at radius 2 is 1.17 bits per heavy atom. The van der Waals surface area contributed by atoms with Gasteiger partial charge in [0.25, 0.3) is 0 Å². The molecule has 0 aliphatic carbocycles. The summed E-state index contributed by atoms with van der Waals surface area (Å²) in [5, 5.41) is 9.70. The van der Waals surface area contributed by atoms with Gasteiger partial charge in [-0.05, 0) is 60.9 Å². The Hall–Kier alpha value is -1.04. The van der Waals surface area contributed by atoms with Crippen molar-refractivity contribution in [1.29, 1.82) is 0 Å². The van der Waals surface area contributed by atoms with E-state index in [1.54, 1.807) is 20.8 Å². The van der Waals surface area contributed by atoms with Gasteiger partial charge < -0.3 is 30.4 Å². The van der Waals surface area contributed by atoms with Gasteiger partial charge in [0, 0.05) is 198 Å². The normalized spacial score (nSPS) is 11.8. The minimum absolute atomic E-state index is 0.0922. The molecule has 36 heteroatoms. The van der Waals surface area contributed by atoms with Gasteiger partial charge in [-0.1, -0.05) is 0 Å². The monoisotopic (exact) mass is 757 g/mol. The number of carbonyl (C=O) groups is 4. The smallest absolute Gasteiger partial charge is 0.410 e. The Morgan fingerprint density at radius 3 is 1.52 bits per heavy atom. The van der Waals surface area contributed by atoms with Crippen molar-refractivity contribution in [3.05, 3.63) is 0 Å². The third-order valence-corrected chi connectivity index (χ3v) is 8.19. The molecule has 58 heavy (non-hydrogen) atoms. The van der Waals surface area contributed by atoms with E-state index < -0.39 is 99.6 Å². The predicted octanol–water partition coefficient (Wildman–Crippen LogP) is -8.04. The van der Waals surface area contributed by atoms with Gasteiger partial charge in [-0.3, -0.25) is 19.4 Å². The molecule has 1 heterocycles. The van der Waals surface area contributed by atoms with Gasteiger partial charge in [0.05, 0.1) is 7.11 Å². The van der Waals surface area contributed by atoms with Crippen molar-refractivity contribution < 1.29 is 38.5 Å². The fourth-order valence-corrected chi connectivity index (χ4v) is 5.69. The first-order valence-electron chi connectivity index (χ1n) is 18.8. The molecule has 0 aromatic carbocycles. The van der Waals surface area contributed by atoms with E-state index >= 15 is 0 Å². The lowest BCUT2D eigenvalue weighted by Gasteiger charge is -2.46. The standard InChI is InChI=1S/C11H22N2O4.C10H18N2O3.CH4O.B24/c1-11(2,3)17-10(15)13(7-5-6-12)8-9(14)16-4;1-10(2,3)15-9(14)12-6-4-5-11-8(13)7-12;1-2;1-14(2)20(13)23(19(11)12)24(21(15(3)4)16(5)6)22(17(7)8)18(9)10/h5-8,12H2,1-4H3;4-7H2,1-3H3,(H,11,13);2H,1H3;. The highest BCUT2D eigenvalue weighted by atomic mass is 16.6. The highest BCUT2D eigenvalue weighted by Gasteiger charge is 2.48. The first-order valence-corrected chi connectivity index (χ1v) is 18.8. The average Bonchev–Trinajstić information content (AvgIpc) is 3.30. The molecule has 0 saturated carbocycles. The van der Waals surface area contributed by atoms with Crippen LogP contribution in [0.15, 0.2) is 0 Å². The number of rotatable bonds is 15. The van der Waals surface area contributed by atoms with E-state index in [0.29, 0.717) is 32.6 Å². The molecule has 1 fully saturated rings. The molecule has 26 radical (unpaired) electrons. The summed E-state index contributed by atoms with van der Waals surface area (Å²) in [5.41, 5.74) is 4.27. The van der Waals surface area contributed by atoms with Crippen molar-refractivity contribution in [2.45, 2.75) is 65.6 Å². The number of esters is 1. The van der Waals surface area contributed by atoms with Crippen LogP contribution in [-0.4, -0.2) is 274 Å². The van der Waals surface area contributed by atoms with Gasteiger partial charge in [0.1, 0.15) is 24.3 Å². The third-order valence-electron chi connectivity index (χ3n) is 8.19. The van der Waals surface area contributed by atoms with E-state index in [1.165, 1.54) is 16.9 Å². The number of nitrogens with two attached hydrogens (primary N) is 1. The van der Waals surface area contributed by atoms with Crippen LogP contribution >= 0.6 is 0 Å². The summed E-state index contributed by atoms with van der Waals surface area (Å²) in [5.74, 6) is -0.605. The van der Waals surface area contributed by atoms with Gasteiger partial charge >= 0.3 is 18.2 Å². The van der Waals surface area contributed by atoms with Crippen molar-refractivity contribution in [3.63, 3.8) is 0 Å². The molecule has 0 aromatic rings. The predicted molar refractivity (Wildman–Crippen MR) is 265 cm³/mol. The number of amides is 3. The summed E-state index contributed by atoms with van der Waals surface area (Å²) in [6.07, 6.45) is -9.13. The van der Waals surface area contributed by atoms with Gasteiger partial charge in [-0.25, -0.2) is 9.59 Å². The summed E-state index contributed by atoms with van der Waals surface area (Å²) in [6.45, 7) is 12.7. The molecule has 0 spiro atoms. The Labute approximate surface area is 371 Å². The number of methoxy groups -OCH3 is 1. The minimum Gasteiger partial charge on any atom is -0.468 e. The van der Waals surface area contributed by atoms with Crippen molar-refractivity contribution in [3.8, 4) is 0 Å². The van der Waals surface area contributed by atoms with Crippen LogP contribution in [0.3, 0.4) is 0 Å². The zero-order valence-corrected chi connectivity index (χ0v) is 35.8. The van der Waals surface area contributed by atoms with E-state index in [9.17, 15) is 19.2 Å². The number of aliphatic hydroxyl groups is 1. The molecule has 1 saturated heterocycles.